The molecule has 0 saturated heterocycles. The van der Waals surface area contributed by atoms with E-state index in [1.54, 1.807) is 18.3 Å². The zero-order valence-electron chi connectivity index (χ0n) is 7.29. The minimum Gasteiger partial charge on any atom is -0.240 e. The molecule has 0 spiro atoms. The van der Waals surface area contributed by atoms with Crippen LogP contribution in [0.25, 0.3) is 0 Å². The fraction of sp³-hybridized carbons (Fsp3) is 0.250. The number of fused-ring (bicyclic) bond motifs is 1. The lowest BCUT2D eigenvalue weighted by Gasteiger charge is -2.15. The number of nitrogens with two attached hydrogens (primary N) is 1. The predicted molar refractivity (Wildman–Crippen MR) is 53.0 cm³/mol. The smallest absolute Gasteiger partial charge is 0.217 e. The van der Waals surface area contributed by atoms with Gasteiger partial charge in [0.05, 0.1) is 0 Å². The van der Waals surface area contributed by atoms with Crippen LogP contribution in [0.15, 0.2) is 23.3 Å². The highest BCUT2D eigenvalue weighted by Crippen LogP contribution is 2.22. The molecular formula is C8H9N3O2S. The molecule has 0 radical (unpaired) electrons. The summed E-state index contributed by atoms with van der Waals surface area (Å²) >= 11 is 0. The highest BCUT2D eigenvalue weighted by molar-refractivity contribution is 7.90. The molecule has 1 aromatic heterocycles. The van der Waals surface area contributed by atoms with Crippen molar-refractivity contribution in [3.05, 3.63) is 23.9 Å². The summed E-state index contributed by atoms with van der Waals surface area (Å²) in [5.74, 6) is 0.576. The van der Waals surface area contributed by atoms with Gasteiger partial charge in [-0.05, 0) is 18.1 Å². The number of pyridine rings is 1. The van der Waals surface area contributed by atoms with Crippen molar-refractivity contribution >= 4 is 22.1 Å². The zero-order chi connectivity index (χ0) is 10.2. The highest BCUT2D eigenvalue weighted by Gasteiger charge is 2.24. The van der Waals surface area contributed by atoms with Crippen LogP contribution in [0.5, 0.6) is 0 Å². The van der Waals surface area contributed by atoms with Crippen LogP contribution in [-0.2, 0) is 16.4 Å². The number of primary sulfonamides is 1. The van der Waals surface area contributed by atoms with Crippen molar-refractivity contribution in [2.75, 3.05) is 0 Å². The molecule has 0 saturated carbocycles. The molecule has 1 aliphatic heterocycles. The van der Waals surface area contributed by atoms with E-state index in [0.717, 1.165) is 5.56 Å². The Labute approximate surface area is 81.7 Å². The molecule has 1 unspecified atom stereocenters. The first-order valence-electron chi connectivity index (χ1n) is 4.07. The maximum atomic E-state index is 11.1. The number of hydrogen-bond donors (Lipinski definition) is 1. The van der Waals surface area contributed by atoms with E-state index >= 15 is 0 Å². The summed E-state index contributed by atoms with van der Waals surface area (Å²) in [5.41, 5.74) is 0.814. The van der Waals surface area contributed by atoms with Crippen molar-refractivity contribution in [1.29, 1.82) is 0 Å². The van der Waals surface area contributed by atoms with Gasteiger partial charge in [-0.3, -0.25) is 0 Å². The van der Waals surface area contributed by atoms with E-state index in [4.69, 9.17) is 5.14 Å². The number of aliphatic imine (C=N–C) groups is 1. The number of hydrogen-bond acceptors (Lipinski definition) is 4. The van der Waals surface area contributed by atoms with Crippen molar-refractivity contribution in [2.45, 2.75) is 11.7 Å². The second-order valence-electron chi connectivity index (χ2n) is 3.10. The summed E-state index contributed by atoms with van der Waals surface area (Å²) in [5, 5.41) is 4.30. The van der Waals surface area contributed by atoms with Gasteiger partial charge in [0.2, 0.25) is 10.0 Å². The molecule has 2 N–H and O–H groups in total. The van der Waals surface area contributed by atoms with Crippen LogP contribution >= 0.6 is 0 Å². The average molecular weight is 211 g/mol. The lowest BCUT2D eigenvalue weighted by Crippen LogP contribution is -2.33. The number of aromatic nitrogens is 1. The first-order valence-corrected chi connectivity index (χ1v) is 5.68. The van der Waals surface area contributed by atoms with Gasteiger partial charge in [0.1, 0.15) is 5.25 Å². The fourth-order valence-electron chi connectivity index (χ4n) is 1.33. The average Bonchev–Trinajstić information content (AvgIpc) is 2.16. The van der Waals surface area contributed by atoms with Gasteiger partial charge in [-0.25, -0.2) is 23.5 Å². The standard InChI is InChI=1S/C8H9N3O2S/c9-14(12,13)7-4-6-2-1-3-10-8(6)11-5-7/h1-3,5,7H,4H2,(H2,9,12,13). The van der Waals surface area contributed by atoms with Crippen LogP contribution in [-0.4, -0.2) is 24.9 Å². The highest BCUT2D eigenvalue weighted by atomic mass is 32.2. The summed E-state index contributed by atoms with van der Waals surface area (Å²) in [6.07, 6.45) is 3.31. The van der Waals surface area contributed by atoms with Crippen LogP contribution in [0, 0.1) is 0 Å². The van der Waals surface area contributed by atoms with E-state index in [2.05, 4.69) is 9.98 Å². The molecule has 0 bridgehead atoms. The molecule has 0 fully saturated rings. The first kappa shape index (κ1) is 9.29. The minimum absolute atomic E-state index is 0.353. The quantitative estimate of drug-likeness (QED) is 0.709. The summed E-state index contributed by atoms with van der Waals surface area (Å²) in [7, 11) is -3.55. The third-order valence-electron chi connectivity index (χ3n) is 2.07. The molecule has 0 amide bonds. The van der Waals surface area contributed by atoms with Gasteiger partial charge in [0.25, 0.3) is 0 Å². The Morgan fingerprint density at radius 3 is 3.00 bits per heavy atom. The molecule has 1 atom stereocenters. The Balaban J connectivity index is 2.40. The molecule has 1 aliphatic rings. The molecule has 14 heavy (non-hydrogen) atoms. The second kappa shape index (κ2) is 3.14. The Morgan fingerprint density at radius 2 is 2.29 bits per heavy atom. The predicted octanol–water partition coefficient (Wildman–Crippen LogP) is -0.00290. The molecule has 0 aliphatic carbocycles. The molecule has 2 heterocycles. The summed E-state index contributed by atoms with van der Waals surface area (Å²) in [4.78, 5) is 7.95. The van der Waals surface area contributed by atoms with Gasteiger partial charge in [-0.2, -0.15) is 0 Å². The normalized spacial score (nSPS) is 20.5. The van der Waals surface area contributed by atoms with E-state index in [1.807, 2.05) is 0 Å². The van der Waals surface area contributed by atoms with Crippen LogP contribution in [0.4, 0.5) is 5.82 Å². The Kier molecular flexibility index (Phi) is 2.09. The van der Waals surface area contributed by atoms with Gasteiger partial charge >= 0.3 is 0 Å². The van der Waals surface area contributed by atoms with E-state index in [-0.39, 0.29) is 0 Å². The molecule has 6 heteroatoms. The van der Waals surface area contributed by atoms with Gasteiger partial charge in [0.15, 0.2) is 5.82 Å². The van der Waals surface area contributed by atoms with Gasteiger partial charge in [-0.1, -0.05) is 6.07 Å². The van der Waals surface area contributed by atoms with Crippen LogP contribution < -0.4 is 5.14 Å². The van der Waals surface area contributed by atoms with Gasteiger partial charge < -0.3 is 0 Å². The molecular weight excluding hydrogens is 202 g/mol. The van der Waals surface area contributed by atoms with Crippen molar-refractivity contribution in [3.8, 4) is 0 Å². The van der Waals surface area contributed by atoms with E-state index in [9.17, 15) is 8.42 Å². The lowest BCUT2D eigenvalue weighted by atomic mass is 10.1. The topological polar surface area (TPSA) is 85.4 Å². The van der Waals surface area contributed by atoms with Crippen LogP contribution in [0.1, 0.15) is 5.56 Å². The lowest BCUT2D eigenvalue weighted by molar-refractivity contribution is 0.592. The molecule has 1 aromatic rings. The summed E-state index contributed by atoms with van der Waals surface area (Å²) in [6, 6.07) is 3.55. The largest absolute Gasteiger partial charge is 0.240 e. The van der Waals surface area contributed by atoms with Crippen molar-refractivity contribution in [2.24, 2.45) is 10.1 Å². The maximum absolute atomic E-state index is 11.1. The molecule has 5 nitrogen and oxygen atoms in total. The first-order chi connectivity index (χ1) is 6.57. The Morgan fingerprint density at radius 1 is 1.50 bits per heavy atom. The van der Waals surface area contributed by atoms with Crippen molar-refractivity contribution in [3.63, 3.8) is 0 Å². The van der Waals surface area contributed by atoms with E-state index < -0.39 is 15.3 Å². The number of sulfonamides is 1. The van der Waals surface area contributed by atoms with E-state index in [0.29, 0.717) is 12.2 Å². The molecule has 74 valence electrons. The van der Waals surface area contributed by atoms with Gasteiger partial charge in [-0.15, -0.1) is 0 Å². The minimum atomic E-state index is -3.55. The fourth-order valence-corrected chi connectivity index (χ4v) is 1.97. The second-order valence-corrected chi connectivity index (χ2v) is 4.88. The van der Waals surface area contributed by atoms with Crippen molar-refractivity contribution < 1.29 is 8.42 Å². The van der Waals surface area contributed by atoms with Crippen molar-refractivity contribution in [1.82, 2.24) is 4.98 Å². The van der Waals surface area contributed by atoms with Gasteiger partial charge in [0, 0.05) is 12.4 Å². The Hall–Kier alpha value is -1.27. The molecule has 0 aromatic carbocycles. The third kappa shape index (κ3) is 1.66. The maximum Gasteiger partial charge on any atom is 0.217 e. The number of rotatable bonds is 1. The zero-order valence-corrected chi connectivity index (χ0v) is 8.11. The summed E-state index contributed by atoms with van der Waals surface area (Å²) < 4.78 is 22.1. The SMILES string of the molecule is NS(=O)(=O)C1C=Nc2ncccc2C1. The monoisotopic (exact) mass is 211 g/mol. The van der Waals surface area contributed by atoms with E-state index in [1.165, 1.54) is 6.21 Å². The Bertz CT molecular complexity index is 481. The number of nitrogens with zero attached hydrogens (tertiary/aromatic N) is 2. The summed E-state index contributed by atoms with van der Waals surface area (Å²) in [6.45, 7) is 0. The van der Waals surface area contributed by atoms with Crippen LogP contribution in [0.3, 0.4) is 0 Å². The van der Waals surface area contributed by atoms with Crippen LogP contribution in [0.2, 0.25) is 0 Å². The third-order valence-corrected chi connectivity index (χ3v) is 3.21. The molecule has 2 rings (SSSR count).